The number of nitrogens with zero attached hydrogens (tertiary/aromatic N) is 5. The molecule has 1 fully saturated rings. The summed E-state index contributed by atoms with van der Waals surface area (Å²) in [7, 11) is 1.93. The molecule has 1 unspecified atom stereocenters. The molecule has 0 amide bonds. The van der Waals surface area contributed by atoms with Crippen molar-refractivity contribution in [3.05, 3.63) is 54.2 Å². The third-order valence-corrected chi connectivity index (χ3v) is 4.19. The first-order valence-corrected chi connectivity index (χ1v) is 7.99. The van der Waals surface area contributed by atoms with Crippen LogP contribution in [0, 0.1) is 0 Å². The molecule has 0 N–H and O–H groups in total. The molecule has 3 aromatic rings. The zero-order valence-corrected chi connectivity index (χ0v) is 13.5. The smallest absolute Gasteiger partial charge is 0.247 e. The Bertz CT molecular complexity index is 798. The van der Waals surface area contributed by atoms with E-state index < -0.39 is 0 Å². The SMILES string of the molecule is Cn1nccc1C1CN(Cc2nnc(-c3ccccc3)o2)CCO1. The molecule has 0 aliphatic carbocycles. The Labute approximate surface area is 139 Å². The van der Waals surface area contributed by atoms with Crippen molar-refractivity contribution in [2.24, 2.45) is 7.05 Å². The number of hydrogen-bond acceptors (Lipinski definition) is 6. The Balaban J connectivity index is 1.44. The molecule has 4 rings (SSSR count). The highest BCUT2D eigenvalue weighted by molar-refractivity contribution is 5.51. The zero-order chi connectivity index (χ0) is 16.4. The molecule has 1 aliphatic rings. The molecule has 24 heavy (non-hydrogen) atoms. The van der Waals surface area contributed by atoms with Crippen LogP contribution >= 0.6 is 0 Å². The first kappa shape index (κ1) is 15.0. The molecule has 7 nitrogen and oxygen atoms in total. The van der Waals surface area contributed by atoms with Crippen LogP contribution < -0.4 is 0 Å². The lowest BCUT2D eigenvalue weighted by Crippen LogP contribution is -2.38. The van der Waals surface area contributed by atoms with Crippen LogP contribution in [0.1, 0.15) is 17.7 Å². The van der Waals surface area contributed by atoms with Crippen molar-refractivity contribution in [2.45, 2.75) is 12.6 Å². The lowest BCUT2D eigenvalue weighted by Gasteiger charge is -2.31. The molecule has 1 aromatic carbocycles. The molecular weight excluding hydrogens is 306 g/mol. The van der Waals surface area contributed by atoms with E-state index in [1.165, 1.54) is 0 Å². The van der Waals surface area contributed by atoms with Crippen molar-refractivity contribution >= 4 is 0 Å². The largest absolute Gasteiger partial charge is 0.419 e. The van der Waals surface area contributed by atoms with Crippen molar-refractivity contribution in [2.75, 3.05) is 19.7 Å². The standard InChI is InChI=1S/C17H19N5O2/c1-21-14(7-8-18-21)15-11-22(9-10-23-15)12-16-19-20-17(24-16)13-5-3-2-4-6-13/h2-8,15H,9-12H2,1H3. The highest BCUT2D eigenvalue weighted by Gasteiger charge is 2.25. The number of ether oxygens (including phenoxy) is 1. The van der Waals surface area contributed by atoms with E-state index in [4.69, 9.17) is 9.15 Å². The maximum Gasteiger partial charge on any atom is 0.247 e. The average molecular weight is 325 g/mol. The van der Waals surface area contributed by atoms with Gasteiger partial charge in [-0.05, 0) is 18.2 Å². The van der Waals surface area contributed by atoms with Gasteiger partial charge in [0.05, 0.1) is 18.8 Å². The monoisotopic (exact) mass is 325 g/mol. The van der Waals surface area contributed by atoms with Gasteiger partial charge in [0, 0.05) is 31.9 Å². The minimum Gasteiger partial charge on any atom is -0.419 e. The lowest BCUT2D eigenvalue weighted by molar-refractivity contribution is -0.0387. The van der Waals surface area contributed by atoms with Crippen molar-refractivity contribution in [1.82, 2.24) is 24.9 Å². The van der Waals surface area contributed by atoms with Crippen LogP contribution in [0.5, 0.6) is 0 Å². The second-order valence-corrected chi connectivity index (χ2v) is 5.84. The van der Waals surface area contributed by atoms with Crippen molar-refractivity contribution in [1.29, 1.82) is 0 Å². The van der Waals surface area contributed by atoms with Crippen LogP contribution in [0.4, 0.5) is 0 Å². The fourth-order valence-electron chi connectivity index (χ4n) is 2.93. The van der Waals surface area contributed by atoms with Gasteiger partial charge in [0.15, 0.2) is 0 Å². The maximum absolute atomic E-state index is 5.88. The number of aryl methyl sites for hydroxylation is 1. The van der Waals surface area contributed by atoms with Gasteiger partial charge < -0.3 is 9.15 Å². The minimum absolute atomic E-state index is 0.0164. The van der Waals surface area contributed by atoms with Crippen molar-refractivity contribution in [3.8, 4) is 11.5 Å². The molecule has 3 heterocycles. The van der Waals surface area contributed by atoms with Crippen LogP contribution in [0.15, 0.2) is 47.0 Å². The van der Waals surface area contributed by atoms with Crippen molar-refractivity contribution < 1.29 is 9.15 Å². The van der Waals surface area contributed by atoms with Gasteiger partial charge in [-0.15, -0.1) is 10.2 Å². The summed E-state index contributed by atoms with van der Waals surface area (Å²) in [4.78, 5) is 2.27. The Morgan fingerprint density at radius 2 is 2.04 bits per heavy atom. The second kappa shape index (κ2) is 6.54. The molecule has 1 aliphatic heterocycles. The van der Waals surface area contributed by atoms with E-state index in [1.54, 1.807) is 6.20 Å². The van der Waals surface area contributed by atoms with E-state index >= 15 is 0 Å². The Hall–Kier alpha value is -2.51. The van der Waals surface area contributed by atoms with Gasteiger partial charge in [0.2, 0.25) is 11.8 Å². The second-order valence-electron chi connectivity index (χ2n) is 5.84. The topological polar surface area (TPSA) is 69.2 Å². The third kappa shape index (κ3) is 3.08. The molecule has 0 spiro atoms. The van der Waals surface area contributed by atoms with E-state index in [0.29, 0.717) is 24.9 Å². The quantitative estimate of drug-likeness (QED) is 0.731. The molecule has 0 radical (unpaired) electrons. The number of benzene rings is 1. The third-order valence-electron chi connectivity index (χ3n) is 4.19. The molecule has 2 aromatic heterocycles. The van der Waals surface area contributed by atoms with E-state index in [0.717, 1.165) is 24.3 Å². The van der Waals surface area contributed by atoms with Crippen LogP contribution in [-0.2, 0) is 18.3 Å². The van der Waals surface area contributed by atoms with Crippen LogP contribution in [0.25, 0.3) is 11.5 Å². The summed E-state index contributed by atoms with van der Waals surface area (Å²) in [6.07, 6.45) is 1.81. The van der Waals surface area contributed by atoms with Crippen LogP contribution in [0.2, 0.25) is 0 Å². The van der Waals surface area contributed by atoms with Gasteiger partial charge in [0.1, 0.15) is 6.10 Å². The summed E-state index contributed by atoms with van der Waals surface area (Å²) >= 11 is 0. The summed E-state index contributed by atoms with van der Waals surface area (Å²) in [5, 5.41) is 12.5. The maximum atomic E-state index is 5.88. The molecule has 124 valence electrons. The van der Waals surface area contributed by atoms with Gasteiger partial charge in [-0.1, -0.05) is 18.2 Å². The highest BCUT2D eigenvalue weighted by atomic mass is 16.5. The number of rotatable bonds is 4. The van der Waals surface area contributed by atoms with Gasteiger partial charge in [0.25, 0.3) is 0 Å². The predicted molar refractivity (Wildman–Crippen MR) is 86.9 cm³/mol. The zero-order valence-electron chi connectivity index (χ0n) is 13.5. The summed E-state index contributed by atoms with van der Waals surface area (Å²) in [5.41, 5.74) is 2.01. The Morgan fingerprint density at radius 1 is 1.17 bits per heavy atom. The van der Waals surface area contributed by atoms with E-state index in [2.05, 4.69) is 20.2 Å². The summed E-state index contributed by atoms with van der Waals surface area (Å²) in [6.45, 7) is 2.92. The number of aromatic nitrogens is 4. The average Bonchev–Trinajstić information content (AvgIpc) is 3.25. The van der Waals surface area contributed by atoms with Crippen molar-refractivity contribution in [3.63, 3.8) is 0 Å². The molecule has 0 bridgehead atoms. The number of morpholine rings is 1. The molecule has 0 saturated carbocycles. The molecule has 1 saturated heterocycles. The van der Waals surface area contributed by atoms with Crippen LogP contribution in [-0.4, -0.2) is 44.6 Å². The predicted octanol–water partition coefficient (Wildman–Crippen LogP) is 2.04. The fourth-order valence-corrected chi connectivity index (χ4v) is 2.93. The number of hydrogen-bond donors (Lipinski definition) is 0. The Morgan fingerprint density at radius 3 is 2.83 bits per heavy atom. The van der Waals surface area contributed by atoms with E-state index in [1.807, 2.05) is 48.1 Å². The molecular formula is C17H19N5O2. The van der Waals surface area contributed by atoms with Gasteiger partial charge >= 0.3 is 0 Å². The van der Waals surface area contributed by atoms with Gasteiger partial charge in [-0.3, -0.25) is 9.58 Å². The molecule has 7 heteroatoms. The summed E-state index contributed by atoms with van der Waals surface area (Å²) in [5.74, 6) is 1.18. The first-order valence-electron chi connectivity index (χ1n) is 7.99. The Kier molecular flexibility index (Phi) is 4.10. The molecule has 1 atom stereocenters. The van der Waals surface area contributed by atoms with Gasteiger partial charge in [-0.2, -0.15) is 5.10 Å². The summed E-state index contributed by atoms with van der Waals surface area (Å²) in [6, 6.07) is 11.8. The highest BCUT2D eigenvalue weighted by Crippen LogP contribution is 2.23. The van der Waals surface area contributed by atoms with Crippen LogP contribution in [0.3, 0.4) is 0 Å². The van der Waals surface area contributed by atoms with E-state index in [9.17, 15) is 0 Å². The fraction of sp³-hybridized carbons (Fsp3) is 0.353. The summed E-state index contributed by atoms with van der Waals surface area (Å²) < 4.78 is 13.5. The normalized spacial score (nSPS) is 18.8. The first-order chi connectivity index (χ1) is 11.8. The van der Waals surface area contributed by atoms with Gasteiger partial charge in [-0.25, -0.2) is 0 Å². The lowest BCUT2D eigenvalue weighted by atomic mass is 10.2. The van der Waals surface area contributed by atoms with E-state index in [-0.39, 0.29) is 6.10 Å². The minimum atomic E-state index is 0.0164.